The molecule has 1 aliphatic heterocycles. The van der Waals surface area contributed by atoms with Crippen molar-refractivity contribution >= 4 is 28.3 Å². The molecule has 33 heavy (non-hydrogen) atoms. The van der Waals surface area contributed by atoms with Crippen molar-refractivity contribution in [2.24, 2.45) is 7.05 Å². The molecule has 172 valence electrons. The van der Waals surface area contributed by atoms with Gasteiger partial charge in [0.2, 0.25) is 5.95 Å². The zero-order valence-electron chi connectivity index (χ0n) is 19.0. The first-order chi connectivity index (χ1) is 16.0. The predicted octanol–water partition coefficient (Wildman–Crippen LogP) is 2.66. The van der Waals surface area contributed by atoms with Crippen LogP contribution in [-0.4, -0.2) is 55.2 Å². The minimum atomic E-state index is -0.216. The molecule has 10 nitrogen and oxygen atoms in total. The Balaban J connectivity index is 1.35. The highest BCUT2D eigenvalue weighted by Gasteiger charge is 2.27. The molecule has 0 radical (unpaired) electrons. The molecule has 0 aliphatic carbocycles. The molecule has 1 aliphatic rings. The van der Waals surface area contributed by atoms with Gasteiger partial charge in [0.25, 0.3) is 5.91 Å². The topological polar surface area (TPSA) is 125 Å². The second-order valence-electron chi connectivity index (χ2n) is 8.03. The largest absolute Gasteiger partial charge is 0.350 e. The lowest BCUT2D eigenvalue weighted by Crippen LogP contribution is -2.26. The molecule has 3 aromatic heterocycles. The molecule has 11 heteroatoms. The van der Waals surface area contributed by atoms with Crippen LogP contribution in [0.4, 0.5) is 11.1 Å². The molecule has 0 aromatic carbocycles. The summed E-state index contributed by atoms with van der Waals surface area (Å²) in [6.07, 6.45) is 4.44. The third-order valence-corrected chi connectivity index (χ3v) is 6.69. The molecular weight excluding hydrogens is 438 g/mol. The Morgan fingerprint density at radius 1 is 1.36 bits per heavy atom. The van der Waals surface area contributed by atoms with Crippen LogP contribution >= 0.6 is 11.3 Å². The summed E-state index contributed by atoms with van der Waals surface area (Å²) >= 11 is 1.33. The number of nitriles is 1. The average molecular weight is 466 g/mol. The van der Waals surface area contributed by atoms with Crippen LogP contribution in [-0.2, 0) is 13.5 Å². The number of aryl methyl sites for hydroxylation is 2. The summed E-state index contributed by atoms with van der Waals surface area (Å²) in [4.78, 5) is 27.9. The van der Waals surface area contributed by atoms with E-state index in [-0.39, 0.29) is 11.9 Å². The van der Waals surface area contributed by atoms with Gasteiger partial charge in [-0.3, -0.25) is 14.4 Å². The second-order valence-corrected chi connectivity index (χ2v) is 8.89. The van der Waals surface area contributed by atoms with Gasteiger partial charge in [0.1, 0.15) is 5.69 Å². The lowest BCUT2D eigenvalue weighted by molar-refractivity contribution is 0.0950. The van der Waals surface area contributed by atoms with Crippen molar-refractivity contribution in [3.05, 3.63) is 46.0 Å². The van der Waals surface area contributed by atoms with Crippen LogP contribution in [0.1, 0.15) is 52.0 Å². The van der Waals surface area contributed by atoms with E-state index in [4.69, 9.17) is 5.26 Å². The van der Waals surface area contributed by atoms with Crippen LogP contribution in [0, 0.1) is 25.2 Å². The first-order valence-electron chi connectivity index (χ1n) is 10.9. The van der Waals surface area contributed by atoms with E-state index in [9.17, 15) is 4.79 Å². The summed E-state index contributed by atoms with van der Waals surface area (Å²) in [5.41, 5.74) is 4.49. The molecule has 0 unspecified atom stereocenters. The highest BCUT2D eigenvalue weighted by atomic mass is 32.1. The highest BCUT2D eigenvalue weighted by Crippen LogP contribution is 2.30. The van der Waals surface area contributed by atoms with Crippen molar-refractivity contribution in [1.29, 1.82) is 5.26 Å². The summed E-state index contributed by atoms with van der Waals surface area (Å²) in [7, 11) is 1.92. The van der Waals surface area contributed by atoms with Crippen molar-refractivity contribution in [2.75, 3.05) is 25.0 Å². The van der Waals surface area contributed by atoms with Crippen LogP contribution in [0.25, 0.3) is 0 Å². The van der Waals surface area contributed by atoms with E-state index in [1.807, 2.05) is 31.6 Å². The Hall–Kier alpha value is -3.36. The first-order valence-corrected chi connectivity index (χ1v) is 11.8. The highest BCUT2D eigenvalue weighted by molar-refractivity contribution is 7.14. The number of hydrogen-bond donors (Lipinski definition) is 2. The number of carbonyl (C=O) groups excluding carboxylic acids is 1. The number of amides is 1. The molecule has 1 saturated heterocycles. The number of anilines is 2. The Bertz CT molecular complexity index is 1180. The normalized spacial score (nSPS) is 16.0. The van der Waals surface area contributed by atoms with Gasteiger partial charge in [-0.2, -0.15) is 10.4 Å². The van der Waals surface area contributed by atoms with E-state index in [0.717, 1.165) is 48.5 Å². The van der Waals surface area contributed by atoms with Crippen molar-refractivity contribution < 1.29 is 4.79 Å². The fourth-order valence-electron chi connectivity index (χ4n) is 4.16. The van der Waals surface area contributed by atoms with Crippen molar-refractivity contribution in [1.82, 2.24) is 34.9 Å². The molecule has 1 amide bonds. The van der Waals surface area contributed by atoms with Gasteiger partial charge in [-0.1, -0.05) is 0 Å². The van der Waals surface area contributed by atoms with Gasteiger partial charge in [0, 0.05) is 30.9 Å². The molecule has 2 N–H and O–H groups in total. The number of nitrogens with one attached hydrogen (secondary N) is 2. The molecular formula is C22H27N9OS. The summed E-state index contributed by atoms with van der Waals surface area (Å²) in [5.74, 6) is 0.214. The summed E-state index contributed by atoms with van der Waals surface area (Å²) in [5, 5.41) is 21.8. The smallest absolute Gasteiger partial charge is 0.270 e. The predicted molar refractivity (Wildman–Crippen MR) is 125 cm³/mol. The van der Waals surface area contributed by atoms with Gasteiger partial charge < -0.3 is 10.6 Å². The second kappa shape index (κ2) is 10.1. The SMILES string of the molecule is Cc1nn(C)c(C)c1CCNC(=O)c1csc(Nc2nccc([C@@H]3CCCN3CC#N)n2)n1. The van der Waals surface area contributed by atoms with E-state index in [1.165, 1.54) is 11.3 Å². The molecule has 0 bridgehead atoms. The Morgan fingerprint density at radius 2 is 2.21 bits per heavy atom. The van der Waals surface area contributed by atoms with Crippen LogP contribution in [0.2, 0.25) is 0 Å². The van der Waals surface area contributed by atoms with E-state index in [2.05, 4.69) is 41.7 Å². The molecule has 4 heterocycles. The van der Waals surface area contributed by atoms with E-state index >= 15 is 0 Å². The van der Waals surface area contributed by atoms with Crippen LogP contribution in [0.15, 0.2) is 17.6 Å². The van der Waals surface area contributed by atoms with Crippen LogP contribution in [0.5, 0.6) is 0 Å². The quantitative estimate of drug-likeness (QED) is 0.487. The van der Waals surface area contributed by atoms with Gasteiger partial charge in [-0.25, -0.2) is 15.0 Å². The number of likely N-dealkylation sites (tertiary alicyclic amines) is 1. The third kappa shape index (κ3) is 5.18. The van der Waals surface area contributed by atoms with E-state index < -0.39 is 0 Å². The molecule has 0 spiro atoms. The first kappa shape index (κ1) is 22.8. The number of rotatable bonds is 8. The van der Waals surface area contributed by atoms with Gasteiger partial charge >= 0.3 is 0 Å². The summed E-state index contributed by atoms with van der Waals surface area (Å²) < 4.78 is 1.86. The van der Waals surface area contributed by atoms with Gasteiger partial charge in [0.05, 0.1) is 30.0 Å². The van der Waals surface area contributed by atoms with Gasteiger partial charge in [-0.05, 0) is 51.3 Å². The van der Waals surface area contributed by atoms with Crippen molar-refractivity contribution in [2.45, 2.75) is 39.2 Å². The number of aromatic nitrogens is 5. The van der Waals surface area contributed by atoms with Crippen LogP contribution < -0.4 is 10.6 Å². The minimum Gasteiger partial charge on any atom is -0.350 e. The van der Waals surface area contributed by atoms with E-state index in [0.29, 0.717) is 29.9 Å². The Kier molecular flexibility index (Phi) is 6.96. The maximum absolute atomic E-state index is 12.5. The lowest BCUT2D eigenvalue weighted by atomic mass is 10.1. The minimum absolute atomic E-state index is 0.123. The van der Waals surface area contributed by atoms with Gasteiger partial charge in [0.15, 0.2) is 5.13 Å². The third-order valence-electron chi connectivity index (χ3n) is 5.93. The number of carbonyl (C=O) groups is 1. The monoisotopic (exact) mass is 465 g/mol. The lowest BCUT2D eigenvalue weighted by Gasteiger charge is -2.21. The molecule has 0 saturated carbocycles. The van der Waals surface area contributed by atoms with E-state index in [1.54, 1.807) is 11.6 Å². The fourth-order valence-corrected chi connectivity index (χ4v) is 4.85. The number of hydrogen-bond acceptors (Lipinski definition) is 9. The molecule has 1 atom stereocenters. The maximum Gasteiger partial charge on any atom is 0.270 e. The van der Waals surface area contributed by atoms with Crippen LogP contribution in [0.3, 0.4) is 0 Å². The summed E-state index contributed by atoms with van der Waals surface area (Å²) in [6, 6.07) is 4.23. The average Bonchev–Trinajstić information content (AvgIpc) is 3.51. The van der Waals surface area contributed by atoms with Gasteiger partial charge in [-0.15, -0.1) is 11.3 Å². The molecule has 1 fully saturated rings. The van der Waals surface area contributed by atoms with Crippen molar-refractivity contribution in [3.63, 3.8) is 0 Å². The Labute approximate surface area is 196 Å². The fraction of sp³-hybridized carbons (Fsp3) is 0.455. The Morgan fingerprint density at radius 3 is 2.97 bits per heavy atom. The standard InChI is InChI=1S/C22H27N9OS/c1-14-16(15(2)30(3)29-14)6-9-24-20(32)18-13-33-22(27-18)28-21-25-10-7-17(26-21)19-5-4-11-31(19)12-8-23/h7,10,13,19H,4-6,9,11-12H2,1-3H3,(H,24,32)(H,25,26,27,28)/t19-/m0/s1. The maximum atomic E-state index is 12.5. The molecule has 3 aromatic rings. The zero-order valence-corrected chi connectivity index (χ0v) is 19.8. The summed E-state index contributed by atoms with van der Waals surface area (Å²) in [6.45, 7) is 5.81. The van der Waals surface area contributed by atoms with Crippen molar-refractivity contribution in [3.8, 4) is 6.07 Å². The zero-order chi connectivity index (χ0) is 23.4. The molecule has 4 rings (SSSR count). The number of nitrogens with zero attached hydrogens (tertiary/aromatic N) is 7. The number of thiazole rings is 1.